The van der Waals surface area contributed by atoms with Crippen molar-refractivity contribution in [1.29, 1.82) is 0 Å². The number of halogens is 1. The van der Waals surface area contributed by atoms with Gasteiger partial charge in [-0.25, -0.2) is 4.79 Å². The molecule has 1 aliphatic heterocycles. The minimum Gasteiger partial charge on any atom is -0.390 e. The molecule has 2 N–H and O–H groups in total. The lowest BCUT2D eigenvalue weighted by molar-refractivity contribution is -0.385. The summed E-state index contributed by atoms with van der Waals surface area (Å²) < 4.78 is 37.2. The Kier molecular flexibility index (Phi) is 7.53. The predicted octanol–water partition coefficient (Wildman–Crippen LogP) is 1.31. The zero-order valence-electron chi connectivity index (χ0n) is 17.6. The summed E-state index contributed by atoms with van der Waals surface area (Å²) in [5.41, 5.74) is -0.972. The highest BCUT2D eigenvalue weighted by molar-refractivity contribution is 9.10. The Balaban J connectivity index is 1.66. The molecular formula is C19H22BrN3O9S. The summed E-state index contributed by atoms with van der Waals surface area (Å²) >= 11 is 3.15. The minimum absolute atomic E-state index is 0.0129. The molecule has 1 aliphatic rings. The van der Waals surface area contributed by atoms with Gasteiger partial charge in [-0.15, -0.1) is 0 Å². The molecule has 33 heavy (non-hydrogen) atoms. The van der Waals surface area contributed by atoms with Gasteiger partial charge in [-0.3, -0.25) is 28.6 Å². The number of hydrogen-bond donors (Lipinski definition) is 2. The van der Waals surface area contributed by atoms with Gasteiger partial charge < -0.3 is 9.84 Å². The number of aliphatic hydroxyl groups excluding tert-OH is 1. The number of aliphatic hydroxyl groups is 1. The molecule has 4 atom stereocenters. The Bertz CT molecular complexity index is 1270. The standard InChI is InChI=1S/C19H22BrN3O9S/c1-10-7-22(19(26)21-18(10)25)17-6-15(24)16(32-17)8-31-33(29,30)9-11(2)13-4-3-12(20)5-14(13)23(27)28/h3-5,7,11,15-17,24H,6,8-9H2,1-2H3,(H,21,25,26)/t11?,15?,16-,17-/m1/s1. The van der Waals surface area contributed by atoms with Crippen LogP contribution in [-0.4, -0.2) is 52.6 Å². The molecule has 1 aromatic carbocycles. The van der Waals surface area contributed by atoms with Crippen LogP contribution in [0.1, 0.15) is 36.6 Å². The van der Waals surface area contributed by atoms with E-state index in [0.717, 1.165) is 4.57 Å². The van der Waals surface area contributed by atoms with E-state index >= 15 is 0 Å². The Labute approximate surface area is 196 Å². The Morgan fingerprint density at radius 1 is 1.42 bits per heavy atom. The van der Waals surface area contributed by atoms with Gasteiger partial charge in [0.2, 0.25) is 0 Å². The fourth-order valence-corrected chi connectivity index (χ4v) is 5.12. The number of aromatic nitrogens is 2. The van der Waals surface area contributed by atoms with Crippen LogP contribution in [0.2, 0.25) is 0 Å². The van der Waals surface area contributed by atoms with Crippen molar-refractivity contribution in [2.75, 3.05) is 12.4 Å². The maximum atomic E-state index is 12.5. The highest BCUT2D eigenvalue weighted by atomic mass is 79.9. The number of rotatable bonds is 8. The molecule has 0 aliphatic carbocycles. The molecule has 180 valence electrons. The summed E-state index contributed by atoms with van der Waals surface area (Å²) in [5, 5.41) is 21.6. The topological polar surface area (TPSA) is 171 Å². The monoisotopic (exact) mass is 547 g/mol. The maximum absolute atomic E-state index is 12.5. The third-order valence-corrected chi connectivity index (χ3v) is 7.14. The van der Waals surface area contributed by atoms with E-state index in [-0.39, 0.29) is 23.2 Å². The van der Waals surface area contributed by atoms with Crippen molar-refractivity contribution in [2.24, 2.45) is 0 Å². The molecule has 2 heterocycles. The van der Waals surface area contributed by atoms with Crippen LogP contribution in [0, 0.1) is 17.0 Å². The summed E-state index contributed by atoms with van der Waals surface area (Å²) in [4.78, 5) is 36.4. The van der Waals surface area contributed by atoms with Crippen LogP contribution in [0.4, 0.5) is 5.69 Å². The number of nitrogens with one attached hydrogen (secondary N) is 1. The second-order valence-electron chi connectivity index (χ2n) is 7.78. The van der Waals surface area contributed by atoms with Gasteiger partial charge in [0.15, 0.2) is 0 Å². The van der Waals surface area contributed by atoms with E-state index in [1.165, 1.54) is 32.2 Å². The van der Waals surface area contributed by atoms with Crippen LogP contribution in [0.15, 0.2) is 38.5 Å². The third-order valence-electron chi connectivity index (χ3n) is 5.25. The first-order chi connectivity index (χ1) is 15.4. The van der Waals surface area contributed by atoms with Crippen molar-refractivity contribution in [3.8, 4) is 0 Å². The van der Waals surface area contributed by atoms with Gasteiger partial charge in [0.25, 0.3) is 21.4 Å². The normalized spacial score (nSPS) is 21.8. The second-order valence-corrected chi connectivity index (χ2v) is 10.4. The molecule has 12 nitrogen and oxygen atoms in total. The SMILES string of the molecule is Cc1cn([C@H]2CC(O)[C@@H](COS(=O)(=O)CC(C)c3ccc(Br)cc3[N+](=O)[O-])O2)c(=O)[nH]c1=O. The van der Waals surface area contributed by atoms with Crippen LogP contribution in [-0.2, 0) is 19.0 Å². The van der Waals surface area contributed by atoms with Crippen LogP contribution < -0.4 is 11.2 Å². The zero-order chi connectivity index (χ0) is 24.5. The molecule has 0 amide bonds. The van der Waals surface area contributed by atoms with E-state index in [2.05, 4.69) is 20.9 Å². The van der Waals surface area contributed by atoms with E-state index in [9.17, 15) is 33.2 Å². The fraction of sp³-hybridized carbons (Fsp3) is 0.474. The number of hydrogen-bond acceptors (Lipinski definition) is 9. The van der Waals surface area contributed by atoms with Crippen LogP contribution in [0.25, 0.3) is 0 Å². The summed E-state index contributed by atoms with van der Waals surface area (Å²) in [6.45, 7) is 2.52. The second kappa shape index (κ2) is 9.85. The van der Waals surface area contributed by atoms with Crippen LogP contribution >= 0.6 is 15.9 Å². The number of ether oxygens (including phenoxy) is 1. The number of nitrogens with zero attached hydrogens (tertiary/aromatic N) is 2. The minimum atomic E-state index is -4.14. The van der Waals surface area contributed by atoms with Crippen LogP contribution in [0.5, 0.6) is 0 Å². The quantitative estimate of drug-likeness (QED) is 0.280. The van der Waals surface area contributed by atoms with E-state index in [4.69, 9.17) is 8.92 Å². The molecule has 0 bridgehead atoms. The highest BCUT2D eigenvalue weighted by Gasteiger charge is 2.37. The lowest BCUT2D eigenvalue weighted by atomic mass is 10.0. The Hall–Kier alpha value is -2.39. The molecule has 0 spiro atoms. The van der Waals surface area contributed by atoms with Gasteiger partial charge in [0, 0.05) is 40.2 Å². The predicted molar refractivity (Wildman–Crippen MR) is 120 cm³/mol. The lowest BCUT2D eigenvalue weighted by Gasteiger charge is -2.17. The molecule has 2 aromatic rings. The molecule has 1 saturated heterocycles. The molecule has 3 rings (SSSR count). The highest BCUT2D eigenvalue weighted by Crippen LogP contribution is 2.31. The fourth-order valence-electron chi connectivity index (χ4n) is 3.54. The molecule has 1 aromatic heterocycles. The smallest absolute Gasteiger partial charge is 0.330 e. The molecule has 1 fully saturated rings. The largest absolute Gasteiger partial charge is 0.390 e. The van der Waals surface area contributed by atoms with Gasteiger partial charge in [-0.2, -0.15) is 8.42 Å². The van der Waals surface area contributed by atoms with Crippen molar-refractivity contribution in [3.05, 3.63) is 70.9 Å². The van der Waals surface area contributed by atoms with E-state index in [1.54, 1.807) is 6.07 Å². The van der Waals surface area contributed by atoms with Gasteiger partial charge in [-0.05, 0) is 13.0 Å². The number of benzene rings is 1. The van der Waals surface area contributed by atoms with Crippen molar-refractivity contribution >= 4 is 31.7 Å². The van der Waals surface area contributed by atoms with Crippen molar-refractivity contribution in [3.63, 3.8) is 0 Å². The van der Waals surface area contributed by atoms with Gasteiger partial charge in [0.1, 0.15) is 12.3 Å². The number of nitro groups is 1. The number of H-pyrrole nitrogens is 1. The number of aromatic amines is 1. The lowest BCUT2D eigenvalue weighted by Crippen LogP contribution is -2.33. The summed E-state index contributed by atoms with van der Waals surface area (Å²) in [7, 11) is -4.14. The first kappa shape index (κ1) is 25.2. The average molecular weight is 548 g/mol. The third kappa shape index (κ3) is 5.95. The Morgan fingerprint density at radius 2 is 2.12 bits per heavy atom. The van der Waals surface area contributed by atoms with Gasteiger partial charge >= 0.3 is 5.69 Å². The molecule has 0 saturated carbocycles. The van der Waals surface area contributed by atoms with E-state index < -0.39 is 63.0 Å². The van der Waals surface area contributed by atoms with Gasteiger partial charge in [0.05, 0.1) is 23.4 Å². The zero-order valence-corrected chi connectivity index (χ0v) is 20.0. The average Bonchev–Trinajstić information content (AvgIpc) is 3.09. The van der Waals surface area contributed by atoms with Crippen LogP contribution in [0.3, 0.4) is 0 Å². The summed E-state index contributed by atoms with van der Waals surface area (Å²) in [6, 6.07) is 4.35. The van der Waals surface area contributed by atoms with E-state index in [1.807, 2.05) is 0 Å². The Morgan fingerprint density at radius 3 is 2.79 bits per heavy atom. The molecule has 2 unspecified atom stereocenters. The van der Waals surface area contributed by atoms with E-state index in [0.29, 0.717) is 4.47 Å². The first-order valence-corrected chi connectivity index (χ1v) is 12.2. The molecule has 0 radical (unpaired) electrons. The summed E-state index contributed by atoms with van der Waals surface area (Å²) in [5.74, 6) is -1.27. The van der Waals surface area contributed by atoms with Crippen molar-refractivity contribution in [2.45, 2.75) is 44.6 Å². The number of nitro benzene ring substituents is 1. The maximum Gasteiger partial charge on any atom is 0.330 e. The first-order valence-electron chi connectivity index (χ1n) is 9.84. The van der Waals surface area contributed by atoms with Gasteiger partial charge in [-0.1, -0.05) is 28.9 Å². The number of aryl methyl sites for hydroxylation is 1. The van der Waals surface area contributed by atoms with Crippen molar-refractivity contribution in [1.82, 2.24) is 9.55 Å². The van der Waals surface area contributed by atoms with Crippen molar-refractivity contribution < 1.29 is 27.4 Å². The molecule has 14 heteroatoms. The summed E-state index contributed by atoms with van der Waals surface area (Å²) in [6.07, 6.45) is -1.79. The molecular weight excluding hydrogens is 526 g/mol.